The van der Waals surface area contributed by atoms with Gasteiger partial charge in [0.15, 0.2) is 0 Å². The summed E-state index contributed by atoms with van der Waals surface area (Å²) >= 11 is 0. The van der Waals surface area contributed by atoms with E-state index in [1.165, 1.54) is 19.1 Å². The molecule has 0 aliphatic rings. The van der Waals surface area contributed by atoms with Gasteiger partial charge in [0.05, 0.1) is 18.3 Å². The summed E-state index contributed by atoms with van der Waals surface area (Å²) in [5.74, 6) is -1.46. The fraction of sp³-hybridized carbons (Fsp3) is 0.467. The van der Waals surface area contributed by atoms with Gasteiger partial charge in [0.25, 0.3) is 0 Å². The van der Waals surface area contributed by atoms with Crippen LogP contribution in [0.1, 0.15) is 32.3 Å². The fourth-order valence-electron chi connectivity index (χ4n) is 1.86. The number of nitrogens with one attached hydrogen (secondary N) is 1. The van der Waals surface area contributed by atoms with E-state index >= 15 is 0 Å². The zero-order valence-corrected chi connectivity index (χ0v) is 14.3. The zero-order chi connectivity index (χ0) is 17.6. The summed E-state index contributed by atoms with van der Waals surface area (Å²) in [6.45, 7) is 4.82. The van der Waals surface area contributed by atoms with E-state index in [9.17, 15) is 18.0 Å². The first-order valence-electron chi connectivity index (χ1n) is 7.03. The highest BCUT2D eigenvalue weighted by Gasteiger charge is 2.24. The van der Waals surface area contributed by atoms with Gasteiger partial charge in [0, 0.05) is 13.5 Å². The Morgan fingerprint density at radius 1 is 1.26 bits per heavy atom. The van der Waals surface area contributed by atoms with Crippen molar-refractivity contribution < 1.29 is 26.9 Å². The molecular weight excluding hydrogens is 322 g/mol. The maximum Gasteiger partial charge on any atom is 0.315 e. The summed E-state index contributed by atoms with van der Waals surface area (Å²) in [7, 11) is -3.67. The number of esters is 1. The molecule has 1 rings (SSSR count). The number of carbonyl (C=O) groups excluding carboxylic acids is 2. The molecule has 1 atom stereocenters. The minimum Gasteiger partial charge on any atom is -0.462 e. The van der Waals surface area contributed by atoms with Gasteiger partial charge < -0.3 is 14.2 Å². The number of ether oxygens (including phenoxy) is 1. The van der Waals surface area contributed by atoms with Gasteiger partial charge in [-0.1, -0.05) is 12.1 Å². The van der Waals surface area contributed by atoms with Crippen molar-refractivity contribution in [1.82, 2.24) is 5.32 Å². The zero-order valence-electron chi connectivity index (χ0n) is 13.5. The summed E-state index contributed by atoms with van der Waals surface area (Å²) in [4.78, 5) is 23.3. The lowest BCUT2D eigenvalue weighted by Crippen LogP contribution is -2.32. The molecule has 1 N–H and O–H groups in total. The predicted molar refractivity (Wildman–Crippen MR) is 84.6 cm³/mol. The van der Waals surface area contributed by atoms with Crippen LogP contribution in [0.25, 0.3) is 0 Å². The first kappa shape index (κ1) is 19.0. The van der Waals surface area contributed by atoms with Crippen molar-refractivity contribution in [2.75, 3.05) is 12.8 Å². The van der Waals surface area contributed by atoms with Gasteiger partial charge in [-0.05, 0) is 31.5 Å². The molecule has 0 saturated heterocycles. The van der Waals surface area contributed by atoms with Crippen molar-refractivity contribution >= 4 is 22.0 Å². The van der Waals surface area contributed by atoms with Crippen molar-refractivity contribution in [3.05, 3.63) is 29.8 Å². The summed E-state index contributed by atoms with van der Waals surface area (Å²) in [6.07, 6.45) is 0.624. The van der Waals surface area contributed by atoms with Crippen molar-refractivity contribution in [3.8, 4) is 5.75 Å². The lowest BCUT2D eigenvalue weighted by atomic mass is 9.99. The smallest absolute Gasteiger partial charge is 0.315 e. The SMILES string of the molecule is CC(=O)NCC(C(=O)OC(C)C)c1cccc(OS(C)(=O)=O)c1. The maximum atomic E-state index is 12.2. The van der Waals surface area contributed by atoms with Crippen molar-refractivity contribution in [1.29, 1.82) is 0 Å². The molecule has 23 heavy (non-hydrogen) atoms. The summed E-state index contributed by atoms with van der Waals surface area (Å²) in [5, 5.41) is 2.57. The molecule has 7 nitrogen and oxygen atoms in total. The first-order chi connectivity index (χ1) is 10.6. The van der Waals surface area contributed by atoms with Gasteiger partial charge >= 0.3 is 16.1 Å². The third-order valence-electron chi connectivity index (χ3n) is 2.70. The van der Waals surface area contributed by atoms with Crippen LogP contribution in [-0.4, -0.2) is 39.2 Å². The van der Waals surface area contributed by atoms with Crippen LogP contribution >= 0.6 is 0 Å². The van der Waals surface area contributed by atoms with Gasteiger partial charge in [0.1, 0.15) is 5.75 Å². The number of carbonyl (C=O) groups is 2. The number of rotatable bonds is 7. The Hall–Kier alpha value is -2.09. The van der Waals surface area contributed by atoms with E-state index in [0.29, 0.717) is 5.56 Å². The average Bonchev–Trinajstić information content (AvgIpc) is 2.36. The highest BCUT2D eigenvalue weighted by atomic mass is 32.2. The molecule has 0 heterocycles. The molecule has 1 aromatic rings. The monoisotopic (exact) mass is 343 g/mol. The van der Waals surface area contributed by atoms with Crippen LogP contribution in [0.15, 0.2) is 24.3 Å². The summed E-state index contributed by atoms with van der Waals surface area (Å²) in [6, 6.07) is 6.12. The minimum atomic E-state index is -3.67. The van der Waals surface area contributed by atoms with E-state index in [2.05, 4.69) is 5.32 Å². The Labute approximate surface area is 136 Å². The Balaban J connectivity index is 3.07. The third kappa shape index (κ3) is 7.14. The van der Waals surface area contributed by atoms with Gasteiger partial charge in [0.2, 0.25) is 5.91 Å². The lowest BCUT2D eigenvalue weighted by Gasteiger charge is -2.19. The van der Waals surface area contributed by atoms with Crippen LogP contribution in [0.3, 0.4) is 0 Å². The molecule has 128 valence electrons. The molecule has 1 aromatic carbocycles. The van der Waals surface area contributed by atoms with Crippen molar-refractivity contribution in [2.45, 2.75) is 32.8 Å². The van der Waals surface area contributed by atoms with Gasteiger partial charge in [-0.25, -0.2) is 0 Å². The number of hydrogen-bond acceptors (Lipinski definition) is 6. The Kier molecular flexibility index (Phi) is 6.56. The topological polar surface area (TPSA) is 98.8 Å². The molecule has 0 spiro atoms. The standard InChI is InChI=1S/C15H21NO6S/c1-10(2)21-15(18)14(9-16-11(3)17)12-6-5-7-13(8-12)22-23(4,19)20/h5-8,10,14H,9H2,1-4H3,(H,16,17). The lowest BCUT2D eigenvalue weighted by molar-refractivity contribution is -0.149. The minimum absolute atomic E-state index is 0.0449. The van der Waals surface area contributed by atoms with Gasteiger partial charge in [-0.15, -0.1) is 0 Å². The molecule has 0 saturated carbocycles. The van der Waals surface area contributed by atoms with Gasteiger partial charge in [-0.3, -0.25) is 9.59 Å². The third-order valence-corrected chi connectivity index (χ3v) is 3.19. The second kappa shape index (κ2) is 7.96. The van der Waals surface area contributed by atoms with E-state index in [1.54, 1.807) is 26.0 Å². The molecule has 0 aliphatic carbocycles. The Morgan fingerprint density at radius 2 is 1.91 bits per heavy atom. The second-order valence-corrected chi connectivity index (χ2v) is 6.91. The van der Waals surface area contributed by atoms with E-state index in [-0.39, 0.29) is 24.3 Å². The van der Waals surface area contributed by atoms with Crippen LogP contribution in [0.2, 0.25) is 0 Å². The van der Waals surface area contributed by atoms with Crippen LogP contribution in [0.5, 0.6) is 5.75 Å². The quantitative estimate of drug-likeness (QED) is 0.590. The summed E-state index contributed by atoms with van der Waals surface area (Å²) < 4.78 is 32.4. The van der Waals surface area contributed by atoms with E-state index in [0.717, 1.165) is 6.26 Å². The normalized spacial score (nSPS) is 12.6. The number of amides is 1. The summed E-state index contributed by atoms with van der Waals surface area (Å²) in [5.41, 5.74) is 0.491. The Morgan fingerprint density at radius 3 is 2.43 bits per heavy atom. The number of hydrogen-bond donors (Lipinski definition) is 1. The van der Waals surface area contributed by atoms with E-state index in [4.69, 9.17) is 8.92 Å². The molecule has 1 unspecified atom stereocenters. The second-order valence-electron chi connectivity index (χ2n) is 5.34. The highest BCUT2D eigenvalue weighted by molar-refractivity contribution is 7.86. The largest absolute Gasteiger partial charge is 0.462 e. The molecule has 0 aromatic heterocycles. The van der Waals surface area contributed by atoms with E-state index in [1.807, 2.05) is 0 Å². The highest BCUT2D eigenvalue weighted by Crippen LogP contribution is 2.23. The van der Waals surface area contributed by atoms with Gasteiger partial charge in [-0.2, -0.15) is 8.42 Å². The molecule has 0 aliphatic heterocycles. The molecule has 1 amide bonds. The number of benzene rings is 1. The average molecular weight is 343 g/mol. The molecule has 0 radical (unpaired) electrons. The molecule has 0 fully saturated rings. The first-order valence-corrected chi connectivity index (χ1v) is 8.84. The van der Waals surface area contributed by atoms with Crippen molar-refractivity contribution in [3.63, 3.8) is 0 Å². The van der Waals surface area contributed by atoms with Crippen LogP contribution in [0, 0.1) is 0 Å². The molecular formula is C15H21NO6S. The van der Waals surface area contributed by atoms with Crippen LogP contribution < -0.4 is 9.50 Å². The van der Waals surface area contributed by atoms with E-state index < -0.39 is 22.0 Å². The molecule has 8 heteroatoms. The Bertz CT molecular complexity index is 668. The van der Waals surface area contributed by atoms with Crippen LogP contribution in [-0.2, 0) is 24.4 Å². The fourth-order valence-corrected chi connectivity index (χ4v) is 2.31. The predicted octanol–water partition coefficient (Wildman–Crippen LogP) is 1.20. The van der Waals surface area contributed by atoms with Crippen molar-refractivity contribution in [2.24, 2.45) is 0 Å². The maximum absolute atomic E-state index is 12.2. The van der Waals surface area contributed by atoms with Crippen LogP contribution in [0.4, 0.5) is 0 Å². The molecule has 0 bridgehead atoms.